The number of Topliss-reactive ketones (excluding diaryl/α,β-unsaturated/α-hetero) is 2. The topological polar surface area (TPSA) is 92.3 Å². The van der Waals surface area contributed by atoms with Crippen LogP contribution in [0.25, 0.3) is 0 Å². The van der Waals surface area contributed by atoms with Gasteiger partial charge in [-0.1, -0.05) is 41.5 Å². The zero-order valence-electron chi connectivity index (χ0n) is 20.0. The van der Waals surface area contributed by atoms with Crippen molar-refractivity contribution in [3.8, 4) is 0 Å². The van der Waals surface area contributed by atoms with Crippen molar-refractivity contribution >= 4 is 23.4 Å². The summed E-state index contributed by atoms with van der Waals surface area (Å²) in [5.74, 6) is 0.377. The van der Waals surface area contributed by atoms with Gasteiger partial charge in [0.25, 0.3) is 0 Å². The first-order valence-corrected chi connectivity index (χ1v) is 11.9. The van der Waals surface area contributed by atoms with Crippen molar-refractivity contribution in [3.63, 3.8) is 0 Å². The summed E-state index contributed by atoms with van der Waals surface area (Å²) in [5.41, 5.74) is -2.71. The molecule has 2 N–H and O–H groups in total. The molecule has 0 unspecified atom stereocenters. The van der Waals surface area contributed by atoms with E-state index in [9.17, 15) is 19.2 Å². The molecule has 0 spiro atoms. The summed E-state index contributed by atoms with van der Waals surface area (Å²) in [5, 5.41) is 6.09. The van der Waals surface area contributed by atoms with Crippen LogP contribution in [-0.4, -0.2) is 36.5 Å². The SMILES string of the molecule is CC1(C)[C@@]2(C(=O)NCCCNC(=O)[C@@]34CC[C@](C)(C(=O)C3)C4(C)C)CC[C@@]1(C)C(=O)C2. The summed E-state index contributed by atoms with van der Waals surface area (Å²) in [4.78, 5) is 51.3. The molecule has 0 aromatic heterocycles. The monoisotopic (exact) mass is 430 g/mol. The lowest BCUT2D eigenvalue weighted by atomic mass is 9.64. The minimum absolute atomic E-state index is 0.0222. The van der Waals surface area contributed by atoms with Gasteiger partial charge in [-0.15, -0.1) is 0 Å². The molecule has 2 amide bonds. The third kappa shape index (κ3) is 2.40. The smallest absolute Gasteiger partial charge is 0.227 e. The van der Waals surface area contributed by atoms with Crippen LogP contribution in [0, 0.1) is 32.5 Å². The third-order valence-corrected chi connectivity index (χ3v) is 11.2. The van der Waals surface area contributed by atoms with Crippen LogP contribution in [0.4, 0.5) is 0 Å². The van der Waals surface area contributed by atoms with Crippen molar-refractivity contribution in [3.05, 3.63) is 0 Å². The lowest BCUT2D eigenvalue weighted by Gasteiger charge is -2.39. The zero-order chi connectivity index (χ0) is 23.1. The number of ketones is 2. The second-order valence-corrected chi connectivity index (χ2v) is 12.1. The van der Waals surface area contributed by atoms with E-state index < -0.39 is 21.7 Å². The Balaban J connectivity index is 1.30. The lowest BCUT2D eigenvalue weighted by molar-refractivity contribution is -0.136. The molecule has 172 valence electrons. The van der Waals surface area contributed by atoms with Gasteiger partial charge in [-0.2, -0.15) is 0 Å². The first kappa shape index (κ1) is 22.5. The van der Waals surface area contributed by atoms with E-state index in [0.717, 1.165) is 25.7 Å². The van der Waals surface area contributed by atoms with Crippen molar-refractivity contribution in [2.45, 2.75) is 86.5 Å². The van der Waals surface area contributed by atoms with Crippen molar-refractivity contribution in [1.82, 2.24) is 10.6 Å². The van der Waals surface area contributed by atoms with Gasteiger partial charge in [0.2, 0.25) is 11.8 Å². The quantitative estimate of drug-likeness (QED) is 0.633. The van der Waals surface area contributed by atoms with Gasteiger partial charge in [0.15, 0.2) is 0 Å². The molecule has 4 rings (SSSR count). The number of carbonyl (C=O) groups is 4. The number of nitrogens with one attached hydrogen (secondary N) is 2. The average Bonchev–Trinajstić information content (AvgIpc) is 3.15. The molecule has 0 heterocycles. The lowest BCUT2D eigenvalue weighted by Crippen LogP contribution is -2.48. The fourth-order valence-electron chi connectivity index (χ4n) is 7.55. The van der Waals surface area contributed by atoms with Gasteiger partial charge in [-0.05, 0) is 42.9 Å². The van der Waals surface area contributed by atoms with Crippen LogP contribution in [-0.2, 0) is 19.2 Å². The molecule has 4 saturated carbocycles. The number of hydrogen-bond acceptors (Lipinski definition) is 4. The van der Waals surface area contributed by atoms with E-state index in [0.29, 0.717) is 32.4 Å². The molecule has 0 aliphatic heterocycles. The molecule has 31 heavy (non-hydrogen) atoms. The van der Waals surface area contributed by atoms with E-state index in [1.54, 1.807) is 0 Å². The van der Waals surface area contributed by atoms with E-state index >= 15 is 0 Å². The highest BCUT2D eigenvalue weighted by Gasteiger charge is 2.73. The molecule has 4 fully saturated rings. The molecule has 4 aliphatic carbocycles. The predicted octanol–water partition coefficient (Wildman–Crippen LogP) is 3.18. The van der Waals surface area contributed by atoms with Gasteiger partial charge in [-0.3, -0.25) is 19.2 Å². The summed E-state index contributed by atoms with van der Waals surface area (Å²) in [6.07, 6.45) is 4.37. The Kier molecular flexibility index (Phi) is 4.65. The molecule has 4 bridgehead atoms. The van der Waals surface area contributed by atoms with Crippen molar-refractivity contribution < 1.29 is 19.2 Å². The van der Waals surface area contributed by atoms with Gasteiger partial charge in [0, 0.05) is 36.8 Å². The molecule has 6 heteroatoms. The van der Waals surface area contributed by atoms with Gasteiger partial charge in [0.1, 0.15) is 11.6 Å². The molecule has 0 aromatic carbocycles. The Labute approximate surface area is 185 Å². The molecule has 0 aromatic rings. The van der Waals surface area contributed by atoms with Crippen LogP contribution in [0.2, 0.25) is 0 Å². The maximum atomic E-state index is 13.1. The molecular weight excluding hydrogens is 392 g/mol. The minimum atomic E-state index is -0.608. The van der Waals surface area contributed by atoms with Crippen molar-refractivity contribution in [2.24, 2.45) is 32.5 Å². The van der Waals surface area contributed by atoms with E-state index in [1.165, 1.54) is 0 Å². The van der Waals surface area contributed by atoms with Crippen LogP contribution in [0.3, 0.4) is 0 Å². The van der Waals surface area contributed by atoms with E-state index in [1.807, 2.05) is 13.8 Å². The maximum Gasteiger partial charge on any atom is 0.227 e. The number of amides is 2. The number of hydrogen-bond donors (Lipinski definition) is 2. The normalized spacial score (nSPS) is 41.6. The number of fused-ring (bicyclic) bond motifs is 4. The standard InChI is InChI=1S/C25H38N2O4/c1-20(2)22(5)8-10-24(20,14-16(22)28)18(30)26-12-7-13-27-19(31)25-11-9-23(6,17(29)15-25)21(25,3)4/h7-15H2,1-6H3,(H,26,30)(H,27,31)/t22-,23+,24-,25+. The van der Waals surface area contributed by atoms with Gasteiger partial charge in [0.05, 0.1) is 10.8 Å². The van der Waals surface area contributed by atoms with Gasteiger partial charge < -0.3 is 10.6 Å². The highest BCUT2D eigenvalue weighted by Crippen LogP contribution is 2.71. The number of carbonyl (C=O) groups excluding carboxylic acids is 4. The van der Waals surface area contributed by atoms with Gasteiger partial charge >= 0.3 is 0 Å². The first-order chi connectivity index (χ1) is 14.2. The molecule has 6 nitrogen and oxygen atoms in total. The third-order valence-electron chi connectivity index (χ3n) is 11.2. The Bertz CT molecular complexity index is 807. The van der Waals surface area contributed by atoms with Crippen LogP contribution >= 0.6 is 0 Å². The second-order valence-electron chi connectivity index (χ2n) is 12.1. The molecule has 4 atom stereocenters. The fourth-order valence-corrected chi connectivity index (χ4v) is 7.55. The Morgan fingerprint density at radius 1 is 0.677 bits per heavy atom. The van der Waals surface area contributed by atoms with Crippen molar-refractivity contribution in [1.29, 1.82) is 0 Å². The summed E-state index contributed by atoms with van der Waals surface area (Å²) in [6, 6.07) is 0. The molecule has 0 radical (unpaired) electrons. The summed E-state index contributed by atoms with van der Waals surface area (Å²) < 4.78 is 0. The Morgan fingerprint density at radius 2 is 1.03 bits per heavy atom. The Morgan fingerprint density at radius 3 is 1.29 bits per heavy atom. The Hall–Kier alpha value is -1.72. The van der Waals surface area contributed by atoms with Crippen molar-refractivity contribution in [2.75, 3.05) is 13.1 Å². The predicted molar refractivity (Wildman–Crippen MR) is 117 cm³/mol. The summed E-state index contributed by atoms with van der Waals surface area (Å²) >= 11 is 0. The largest absolute Gasteiger partial charge is 0.356 e. The fraction of sp³-hybridized carbons (Fsp3) is 0.840. The second kappa shape index (κ2) is 6.41. The first-order valence-electron chi connectivity index (χ1n) is 11.9. The van der Waals surface area contributed by atoms with Crippen LogP contribution in [0.15, 0.2) is 0 Å². The van der Waals surface area contributed by atoms with Crippen LogP contribution in [0.1, 0.15) is 86.5 Å². The highest BCUT2D eigenvalue weighted by atomic mass is 16.2. The van der Waals surface area contributed by atoms with Gasteiger partial charge in [-0.25, -0.2) is 0 Å². The zero-order valence-corrected chi connectivity index (χ0v) is 20.0. The van der Waals surface area contributed by atoms with E-state index in [4.69, 9.17) is 0 Å². The summed E-state index contributed by atoms with van der Waals surface area (Å²) in [6.45, 7) is 13.2. The molecular formula is C25H38N2O4. The molecule has 4 aliphatic rings. The highest BCUT2D eigenvalue weighted by molar-refractivity contribution is 6.00. The molecule has 0 saturated heterocycles. The minimum Gasteiger partial charge on any atom is -0.356 e. The number of rotatable bonds is 6. The van der Waals surface area contributed by atoms with E-state index in [-0.39, 0.29) is 34.2 Å². The van der Waals surface area contributed by atoms with Crippen LogP contribution < -0.4 is 10.6 Å². The van der Waals surface area contributed by atoms with E-state index in [2.05, 4.69) is 38.3 Å². The maximum absolute atomic E-state index is 13.1. The average molecular weight is 431 g/mol. The summed E-state index contributed by atoms with van der Waals surface area (Å²) in [7, 11) is 0. The van der Waals surface area contributed by atoms with Crippen LogP contribution in [0.5, 0.6) is 0 Å².